The van der Waals surface area contributed by atoms with Crippen molar-refractivity contribution in [2.45, 2.75) is 31.7 Å². The second-order valence-electron chi connectivity index (χ2n) is 6.36. The fraction of sp³-hybridized carbons (Fsp3) is 0.300. The van der Waals surface area contributed by atoms with Gasteiger partial charge in [0.1, 0.15) is 0 Å². The third-order valence-corrected chi connectivity index (χ3v) is 4.45. The van der Waals surface area contributed by atoms with Crippen LogP contribution in [0.4, 0.5) is 4.39 Å². The van der Waals surface area contributed by atoms with Crippen LogP contribution in [0.2, 0.25) is 0 Å². The molecule has 0 heterocycles. The number of halogens is 1. The van der Waals surface area contributed by atoms with E-state index in [0.29, 0.717) is 11.1 Å². The third-order valence-electron chi connectivity index (χ3n) is 4.45. The molecule has 0 bridgehead atoms. The molecule has 0 aliphatic carbocycles. The van der Waals surface area contributed by atoms with E-state index < -0.39 is 29.2 Å². The first kappa shape index (κ1) is 19.4. The summed E-state index contributed by atoms with van der Waals surface area (Å²) in [7, 11) is 1.37. The summed E-state index contributed by atoms with van der Waals surface area (Å²) in [5, 5.41) is 12.4. The first-order valence-electron chi connectivity index (χ1n) is 8.19. The van der Waals surface area contributed by atoms with E-state index in [-0.39, 0.29) is 12.2 Å². The van der Waals surface area contributed by atoms with Crippen molar-refractivity contribution in [2.75, 3.05) is 7.11 Å². The molecule has 0 aromatic heterocycles. The minimum Gasteiger partial charge on any atom is -0.494 e. The van der Waals surface area contributed by atoms with Gasteiger partial charge in [-0.25, -0.2) is 4.39 Å². The number of amides is 1. The number of ether oxygens (including phenoxy) is 1. The van der Waals surface area contributed by atoms with E-state index in [4.69, 9.17) is 4.74 Å². The second-order valence-corrected chi connectivity index (χ2v) is 6.36. The largest absolute Gasteiger partial charge is 0.494 e. The lowest BCUT2D eigenvalue weighted by Gasteiger charge is -2.26. The maximum Gasteiger partial charge on any atom is 0.314 e. The highest BCUT2D eigenvalue weighted by molar-refractivity contribution is 5.89. The number of benzene rings is 2. The lowest BCUT2D eigenvalue weighted by Crippen LogP contribution is -2.39. The summed E-state index contributed by atoms with van der Waals surface area (Å²) in [6, 6.07) is 12.6. The van der Waals surface area contributed by atoms with Gasteiger partial charge in [-0.15, -0.1) is 0 Å². The van der Waals surface area contributed by atoms with Crippen LogP contribution >= 0.6 is 0 Å². The van der Waals surface area contributed by atoms with Crippen LogP contribution in [-0.2, 0) is 15.0 Å². The smallest absolute Gasteiger partial charge is 0.314 e. The van der Waals surface area contributed by atoms with Crippen LogP contribution in [-0.4, -0.2) is 24.1 Å². The molecule has 2 aromatic rings. The van der Waals surface area contributed by atoms with Crippen molar-refractivity contribution in [3.05, 3.63) is 65.5 Å². The van der Waals surface area contributed by atoms with E-state index >= 15 is 0 Å². The highest BCUT2D eigenvalue weighted by atomic mass is 19.1. The fourth-order valence-electron chi connectivity index (χ4n) is 2.76. The van der Waals surface area contributed by atoms with Gasteiger partial charge in [0.05, 0.1) is 18.6 Å². The Morgan fingerprint density at radius 2 is 1.88 bits per heavy atom. The van der Waals surface area contributed by atoms with Crippen LogP contribution in [0.5, 0.6) is 5.75 Å². The van der Waals surface area contributed by atoms with Gasteiger partial charge in [-0.3, -0.25) is 9.59 Å². The molecule has 2 unspecified atom stereocenters. The number of methoxy groups -OCH3 is 1. The average Bonchev–Trinajstić information content (AvgIpc) is 2.61. The fourth-order valence-corrected chi connectivity index (χ4v) is 2.76. The molecule has 1 amide bonds. The SMILES string of the molecule is COc1ccc(C(C)NC(=O)CC(C)(C(=O)O)c2ccccc2)cc1F. The number of rotatable bonds is 7. The molecule has 138 valence electrons. The summed E-state index contributed by atoms with van der Waals surface area (Å²) >= 11 is 0. The minimum atomic E-state index is -1.35. The van der Waals surface area contributed by atoms with E-state index in [1.807, 2.05) is 0 Å². The molecule has 0 spiro atoms. The Bertz CT molecular complexity index is 794. The maximum absolute atomic E-state index is 13.8. The quantitative estimate of drug-likeness (QED) is 0.794. The monoisotopic (exact) mass is 359 g/mol. The predicted molar refractivity (Wildman–Crippen MR) is 95.6 cm³/mol. The van der Waals surface area contributed by atoms with Gasteiger partial charge in [0.2, 0.25) is 5.91 Å². The topological polar surface area (TPSA) is 75.6 Å². The van der Waals surface area contributed by atoms with Crippen LogP contribution in [0.15, 0.2) is 48.5 Å². The van der Waals surface area contributed by atoms with Crippen molar-refractivity contribution < 1.29 is 23.8 Å². The number of nitrogens with one attached hydrogen (secondary N) is 1. The zero-order chi connectivity index (χ0) is 19.3. The van der Waals surface area contributed by atoms with Gasteiger partial charge >= 0.3 is 5.97 Å². The van der Waals surface area contributed by atoms with Gasteiger partial charge in [-0.1, -0.05) is 36.4 Å². The van der Waals surface area contributed by atoms with Crippen molar-refractivity contribution >= 4 is 11.9 Å². The van der Waals surface area contributed by atoms with Crippen molar-refractivity contribution in [3.8, 4) is 5.75 Å². The lowest BCUT2D eigenvalue weighted by molar-refractivity contribution is -0.145. The number of hydrogen-bond acceptors (Lipinski definition) is 3. The van der Waals surface area contributed by atoms with Crippen LogP contribution < -0.4 is 10.1 Å². The van der Waals surface area contributed by atoms with Gasteiger partial charge in [0.15, 0.2) is 11.6 Å². The van der Waals surface area contributed by atoms with Gasteiger partial charge < -0.3 is 15.2 Å². The van der Waals surface area contributed by atoms with Gasteiger partial charge in [0.25, 0.3) is 0 Å². The summed E-state index contributed by atoms with van der Waals surface area (Å²) in [6.07, 6.45) is -0.227. The Kier molecular flexibility index (Phi) is 5.97. The van der Waals surface area contributed by atoms with E-state index in [9.17, 15) is 19.1 Å². The molecule has 2 aromatic carbocycles. The number of carbonyl (C=O) groups is 2. The van der Waals surface area contributed by atoms with Crippen LogP contribution in [0.1, 0.15) is 37.4 Å². The molecule has 2 rings (SSSR count). The summed E-state index contributed by atoms with van der Waals surface area (Å²) in [5.41, 5.74) is -0.241. The lowest BCUT2D eigenvalue weighted by atomic mass is 9.79. The molecule has 2 atom stereocenters. The number of aliphatic carboxylic acids is 1. The molecule has 5 nitrogen and oxygen atoms in total. The number of carboxylic acids is 1. The molecular formula is C20H22FNO4. The van der Waals surface area contributed by atoms with E-state index in [1.54, 1.807) is 43.3 Å². The summed E-state index contributed by atoms with van der Waals surface area (Å²) < 4.78 is 18.7. The Morgan fingerprint density at radius 3 is 2.42 bits per heavy atom. The Balaban J connectivity index is 2.13. The zero-order valence-electron chi connectivity index (χ0n) is 15.0. The Labute approximate surface area is 151 Å². The molecule has 0 radical (unpaired) electrons. The molecule has 0 aliphatic rings. The highest BCUT2D eigenvalue weighted by Gasteiger charge is 2.37. The molecule has 0 fully saturated rings. The standard InChI is InChI=1S/C20H22FNO4/c1-13(14-9-10-17(26-3)16(21)11-14)22-18(23)12-20(2,19(24)25)15-7-5-4-6-8-15/h4-11,13H,12H2,1-3H3,(H,22,23)(H,24,25). The van der Waals surface area contributed by atoms with Crippen molar-refractivity contribution in [1.29, 1.82) is 0 Å². The Hall–Kier alpha value is -2.89. The Morgan fingerprint density at radius 1 is 1.23 bits per heavy atom. The minimum absolute atomic E-state index is 0.120. The predicted octanol–water partition coefficient (Wildman–Crippen LogP) is 3.44. The normalized spacial score (nSPS) is 14.2. The summed E-state index contributed by atoms with van der Waals surface area (Å²) in [6.45, 7) is 3.22. The number of carboxylic acid groups (broad SMARTS) is 1. The molecule has 6 heteroatoms. The molecule has 26 heavy (non-hydrogen) atoms. The average molecular weight is 359 g/mol. The number of carbonyl (C=O) groups excluding carboxylic acids is 1. The number of hydrogen-bond donors (Lipinski definition) is 2. The van der Waals surface area contributed by atoms with Crippen LogP contribution in [0.3, 0.4) is 0 Å². The van der Waals surface area contributed by atoms with E-state index in [0.717, 1.165) is 0 Å². The zero-order valence-corrected chi connectivity index (χ0v) is 15.0. The summed E-state index contributed by atoms with van der Waals surface area (Å²) in [5.74, 6) is -1.91. The van der Waals surface area contributed by atoms with E-state index in [2.05, 4.69) is 5.32 Å². The third kappa shape index (κ3) is 4.20. The van der Waals surface area contributed by atoms with Crippen LogP contribution in [0.25, 0.3) is 0 Å². The molecule has 0 aliphatic heterocycles. The highest BCUT2D eigenvalue weighted by Crippen LogP contribution is 2.29. The molecular weight excluding hydrogens is 337 g/mol. The molecule has 0 saturated carbocycles. The van der Waals surface area contributed by atoms with Gasteiger partial charge in [-0.2, -0.15) is 0 Å². The molecule has 0 saturated heterocycles. The first-order chi connectivity index (χ1) is 12.3. The maximum atomic E-state index is 13.8. The van der Waals surface area contributed by atoms with Gasteiger partial charge in [0, 0.05) is 6.42 Å². The van der Waals surface area contributed by atoms with Crippen molar-refractivity contribution in [1.82, 2.24) is 5.32 Å². The summed E-state index contributed by atoms with van der Waals surface area (Å²) in [4.78, 5) is 24.2. The van der Waals surface area contributed by atoms with Crippen LogP contribution in [0, 0.1) is 5.82 Å². The van der Waals surface area contributed by atoms with Crippen molar-refractivity contribution in [3.63, 3.8) is 0 Å². The molecule has 2 N–H and O–H groups in total. The van der Waals surface area contributed by atoms with E-state index in [1.165, 1.54) is 26.2 Å². The second kappa shape index (κ2) is 7.99. The first-order valence-corrected chi connectivity index (χ1v) is 8.19. The van der Waals surface area contributed by atoms with Gasteiger partial charge in [-0.05, 0) is 37.1 Å². The van der Waals surface area contributed by atoms with Crippen molar-refractivity contribution in [2.24, 2.45) is 0 Å².